The molecule has 0 aromatic heterocycles. The summed E-state index contributed by atoms with van der Waals surface area (Å²) >= 11 is 0. The molecule has 3 aromatic carbocycles. The van der Waals surface area contributed by atoms with Gasteiger partial charge in [0, 0.05) is 5.56 Å². The van der Waals surface area contributed by atoms with Gasteiger partial charge in [-0.1, -0.05) is 56.3 Å². The van der Waals surface area contributed by atoms with Crippen molar-refractivity contribution in [2.45, 2.75) is 39.7 Å². The number of amides is 1. The molecular formula is C24H26N2O3. The minimum Gasteiger partial charge on any atom is -0.507 e. The van der Waals surface area contributed by atoms with Gasteiger partial charge in [-0.2, -0.15) is 5.10 Å². The first-order chi connectivity index (χ1) is 13.9. The second kappa shape index (κ2) is 8.78. The molecule has 5 nitrogen and oxygen atoms in total. The van der Waals surface area contributed by atoms with Gasteiger partial charge in [0.25, 0.3) is 5.91 Å². The average Bonchev–Trinajstić information content (AvgIpc) is 2.70. The summed E-state index contributed by atoms with van der Waals surface area (Å²) in [5, 5.41) is 16.0. The lowest BCUT2D eigenvalue weighted by Crippen LogP contribution is -2.33. The number of hydrogen-bond acceptors (Lipinski definition) is 4. The quantitative estimate of drug-likeness (QED) is 0.465. The van der Waals surface area contributed by atoms with Crippen molar-refractivity contribution >= 4 is 22.9 Å². The van der Waals surface area contributed by atoms with Gasteiger partial charge in [-0.15, -0.1) is 0 Å². The summed E-state index contributed by atoms with van der Waals surface area (Å²) in [7, 11) is 0. The molecule has 3 rings (SSSR count). The number of rotatable bonds is 6. The van der Waals surface area contributed by atoms with E-state index in [2.05, 4.69) is 30.4 Å². The number of aromatic hydroxyl groups is 1. The van der Waals surface area contributed by atoms with Gasteiger partial charge in [-0.25, -0.2) is 5.43 Å². The SMILES string of the molecule is Cc1ccc(C(C)C)cc1O[C@@H](C)C(=O)N/N=C\c1c(O)ccc2ccccc12. The molecule has 5 heteroatoms. The highest BCUT2D eigenvalue weighted by Gasteiger charge is 2.16. The van der Waals surface area contributed by atoms with Crippen molar-refractivity contribution < 1.29 is 14.6 Å². The Morgan fingerprint density at radius 2 is 1.86 bits per heavy atom. The van der Waals surface area contributed by atoms with Crippen LogP contribution in [0.15, 0.2) is 59.7 Å². The Morgan fingerprint density at radius 1 is 1.10 bits per heavy atom. The van der Waals surface area contributed by atoms with Gasteiger partial charge >= 0.3 is 0 Å². The molecule has 150 valence electrons. The number of hydrogen-bond donors (Lipinski definition) is 2. The van der Waals surface area contributed by atoms with Crippen molar-refractivity contribution in [3.05, 3.63) is 71.3 Å². The van der Waals surface area contributed by atoms with Crippen molar-refractivity contribution in [1.82, 2.24) is 5.43 Å². The molecule has 0 aliphatic heterocycles. The van der Waals surface area contributed by atoms with Gasteiger partial charge in [-0.05, 0) is 53.8 Å². The lowest BCUT2D eigenvalue weighted by atomic mass is 10.0. The third-order valence-electron chi connectivity index (χ3n) is 4.87. The number of phenolic OH excluding ortho intramolecular Hbond substituents is 1. The Hall–Kier alpha value is -3.34. The van der Waals surface area contributed by atoms with Crippen LogP contribution in [0, 0.1) is 6.92 Å². The number of carbonyl (C=O) groups excluding carboxylic acids is 1. The summed E-state index contributed by atoms with van der Waals surface area (Å²) in [6.07, 6.45) is 0.738. The third kappa shape index (κ3) is 4.74. The summed E-state index contributed by atoms with van der Waals surface area (Å²) in [4.78, 5) is 12.4. The van der Waals surface area contributed by atoms with Gasteiger partial charge in [0.1, 0.15) is 11.5 Å². The summed E-state index contributed by atoms with van der Waals surface area (Å²) < 4.78 is 5.86. The number of nitrogens with one attached hydrogen (secondary N) is 1. The van der Waals surface area contributed by atoms with Crippen LogP contribution in [0.2, 0.25) is 0 Å². The Labute approximate surface area is 171 Å². The molecule has 0 bridgehead atoms. The van der Waals surface area contributed by atoms with Crippen LogP contribution in [0.25, 0.3) is 10.8 Å². The van der Waals surface area contributed by atoms with Crippen LogP contribution in [-0.2, 0) is 4.79 Å². The molecule has 0 aliphatic carbocycles. The van der Waals surface area contributed by atoms with Crippen LogP contribution >= 0.6 is 0 Å². The monoisotopic (exact) mass is 390 g/mol. The standard InChI is InChI=1S/C24H26N2O3/c1-15(2)19-10-9-16(3)23(13-19)29-17(4)24(28)26-25-14-21-20-8-6-5-7-18(20)11-12-22(21)27/h5-15,17,27H,1-4H3,(H,26,28)/b25-14-/t17-/m0/s1. The largest absolute Gasteiger partial charge is 0.507 e. The number of carbonyl (C=O) groups is 1. The topological polar surface area (TPSA) is 70.9 Å². The summed E-state index contributed by atoms with van der Waals surface area (Å²) in [5.74, 6) is 0.803. The number of benzene rings is 3. The first kappa shape index (κ1) is 20.4. The van der Waals surface area contributed by atoms with Gasteiger partial charge < -0.3 is 9.84 Å². The highest BCUT2D eigenvalue weighted by molar-refractivity contribution is 6.02. The molecule has 0 heterocycles. The van der Waals surface area contributed by atoms with Gasteiger partial charge in [0.15, 0.2) is 6.10 Å². The predicted molar refractivity (Wildman–Crippen MR) is 117 cm³/mol. The summed E-state index contributed by atoms with van der Waals surface area (Å²) in [5.41, 5.74) is 5.17. The first-order valence-corrected chi connectivity index (χ1v) is 9.67. The van der Waals surface area contributed by atoms with Crippen molar-refractivity contribution in [1.29, 1.82) is 0 Å². The Morgan fingerprint density at radius 3 is 2.62 bits per heavy atom. The van der Waals surface area contributed by atoms with Crippen LogP contribution in [0.5, 0.6) is 11.5 Å². The molecule has 0 unspecified atom stereocenters. The lowest BCUT2D eigenvalue weighted by molar-refractivity contribution is -0.127. The first-order valence-electron chi connectivity index (χ1n) is 9.67. The van der Waals surface area contributed by atoms with E-state index in [1.54, 1.807) is 13.0 Å². The fraction of sp³-hybridized carbons (Fsp3) is 0.250. The smallest absolute Gasteiger partial charge is 0.280 e. The molecule has 0 saturated carbocycles. The third-order valence-corrected chi connectivity index (χ3v) is 4.87. The summed E-state index contributed by atoms with van der Waals surface area (Å²) in [6, 6.07) is 17.2. The van der Waals surface area contributed by atoms with Crippen LogP contribution in [-0.4, -0.2) is 23.3 Å². The van der Waals surface area contributed by atoms with E-state index in [0.717, 1.165) is 21.9 Å². The van der Waals surface area contributed by atoms with Gasteiger partial charge in [0.2, 0.25) is 0 Å². The molecule has 3 aromatic rings. The van der Waals surface area contributed by atoms with E-state index in [4.69, 9.17) is 4.74 Å². The van der Waals surface area contributed by atoms with Crippen LogP contribution < -0.4 is 10.2 Å². The molecule has 1 atom stereocenters. The fourth-order valence-corrected chi connectivity index (χ4v) is 3.02. The average molecular weight is 390 g/mol. The van der Waals surface area contributed by atoms with E-state index in [1.807, 2.05) is 49.4 Å². The maximum absolute atomic E-state index is 12.4. The molecule has 0 spiro atoms. The Bertz CT molecular complexity index is 1060. The Kier molecular flexibility index (Phi) is 6.17. The molecule has 0 fully saturated rings. The van der Waals surface area contributed by atoms with Crippen molar-refractivity contribution in [2.75, 3.05) is 0 Å². The molecule has 2 N–H and O–H groups in total. The van der Waals surface area contributed by atoms with Gasteiger partial charge in [-0.3, -0.25) is 4.79 Å². The molecular weight excluding hydrogens is 364 g/mol. The molecule has 0 radical (unpaired) electrons. The number of hydrazone groups is 1. The van der Waals surface area contributed by atoms with E-state index in [9.17, 15) is 9.90 Å². The number of nitrogens with zero attached hydrogens (tertiary/aromatic N) is 1. The second-order valence-corrected chi connectivity index (χ2v) is 7.39. The maximum atomic E-state index is 12.4. The minimum absolute atomic E-state index is 0.104. The summed E-state index contributed by atoms with van der Waals surface area (Å²) in [6.45, 7) is 7.86. The van der Waals surface area contributed by atoms with E-state index >= 15 is 0 Å². The Balaban J connectivity index is 1.70. The number of fused-ring (bicyclic) bond motifs is 1. The lowest BCUT2D eigenvalue weighted by Gasteiger charge is -2.17. The molecule has 0 aliphatic rings. The van der Waals surface area contributed by atoms with E-state index in [-0.39, 0.29) is 11.7 Å². The van der Waals surface area contributed by atoms with Crippen LogP contribution in [0.3, 0.4) is 0 Å². The molecule has 1 amide bonds. The zero-order valence-corrected chi connectivity index (χ0v) is 17.1. The highest BCUT2D eigenvalue weighted by Crippen LogP contribution is 2.26. The van der Waals surface area contributed by atoms with Crippen LogP contribution in [0.1, 0.15) is 43.4 Å². The zero-order chi connectivity index (χ0) is 21.0. The normalized spacial score (nSPS) is 12.4. The van der Waals surface area contributed by atoms with Gasteiger partial charge in [0.05, 0.1) is 6.21 Å². The minimum atomic E-state index is -0.714. The van der Waals surface area contributed by atoms with E-state index < -0.39 is 6.10 Å². The van der Waals surface area contributed by atoms with Crippen molar-refractivity contribution in [2.24, 2.45) is 5.10 Å². The predicted octanol–water partition coefficient (Wildman–Crippen LogP) is 4.89. The molecule has 0 saturated heterocycles. The highest BCUT2D eigenvalue weighted by atomic mass is 16.5. The number of phenols is 1. The van der Waals surface area contributed by atoms with E-state index in [0.29, 0.717) is 17.2 Å². The number of aryl methyl sites for hydroxylation is 1. The van der Waals surface area contributed by atoms with Crippen molar-refractivity contribution in [3.8, 4) is 11.5 Å². The van der Waals surface area contributed by atoms with Crippen molar-refractivity contribution in [3.63, 3.8) is 0 Å². The second-order valence-electron chi connectivity index (χ2n) is 7.39. The molecule has 29 heavy (non-hydrogen) atoms. The van der Waals surface area contributed by atoms with E-state index in [1.165, 1.54) is 6.21 Å². The van der Waals surface area contributed by atoms with Crippen LogP contribution in [0.4, 0.5) is 0 Å². The fourth-order valence-electron chi connectivity index (χ4n) is 3.02. The number of ether oxygens (including phenoxy) is 1. The maximum Gasteiger partial charge on any atom is 0.280 e. The zero-order valence-electron chi connectivity index (χ0n) is 17.1.